The van der Waals surface area contributed by atoms with E-state index in [2.05, 4.69) is 20.3 Å². The number of nitrogens with one attached hydrogen (secondary N) is 3. The standard InChI is InChI=1S/C17H17ClN4O3S/c18-12-6-8-13(9-7-12)20-17(23)21-14-3-1-4-15(11-14)26(24,25)22-16-5-2-10-19-16/h1,3-4,6-9,11H,2,5,10H2,(H,19,22)(H2,20,21,23). The molecule has 1 aliphatic rings. The fourth-order valence-corrected chi connectivity index (χ4v) is 3.67. The summed E-state index contributed by atoms with van der Waals surface area (Å²) >= 11 is 5.80. The van der Waals surface area contributed by atoms with E-state index in [-0.39, 0.29) is 4.90 Å². The molecule has 0 spiro atoms. The molecule has 7 nitrogen and oxygen atoms in total. The van der Waals surface area contributed by atoms with Gasteiger partial charge in [0.05, 0.1) is 4.90 Å². The first kappa shape index (κ1) is 18.2. The summed E-state index contributed by atoms with van der Waals surface area (Å²) in [5, 5.41) is 5.81. The largest absolute Gasteiger partial charge is 0.323 e. The van der Waals surface area contributed by atoms with Crippen molar-refractivity contribution < 1.29 is 13.2 Å². The topological polar surface area (TPSA) is 99.7 Å². The van der Waals surface area contributed by atoms with E-state index in [0.717, 1.165) is 6.42 Å². The summed E-state index contributed by atoms with van der Waals surface area (Å²) in [6.45, 7) is 0.629. The van der Waals surface area contributed by atoms with Gasteiger partial charge in [0.25, 0.3) is 10.0 Å². The number of aliphatic imine (C=N–C) groups is 1. The molecule has 0 bridgehead atoms. The molecule has 3 rings (SSSR count). The Bertz CT molecular complexity index is 943. The van der Waals surface area contributed by atoms with E-state index in [9.17, 15) is 13.2 Å². The molecule has 0 saturated carbocycles. The normalized spacial score (nSPS) is 13.8. The van der Waals surface area contributed by atoms with Crippen molar-refractivity contribution in [3.05, 3.63) is 53.6 Å². The first-order valence-electron chi connectivity index (χ1n) is 7.92. The lowest BCUT2D eigenvalue weighted by Crippen LogP contribution is -2.29. The Balaban J connectivity index is 1.68. The van der Waals surface area contributed by atoms with Crippen LogP contribution in [0.25, 0.3) is 0 Å². The van der Waals surface area contributed by atoms with Crippen molar-refractivity contribution in [3.63, 3.8) is 0 Å². The molecule has 3 N–H and O–H groups in total. The van der Waals surface area contributed by atoms with Crippen LogP contribution < -0.4 is 15.4 Å². The second-order valence-electron chi connectivity index (χ2n) is 5.65. The number of benzene rings is 2. The molecule has 0 fully saturated rings. The molecule has 0 aliphatic carbocycles. The van der Waals surface area contributed by atoms with Gasteiger partial charge in [0, 0.05) is 29.4 Å². The van der Waals surface area contributed by atoms with Crippen LogP contribution >= 0.6 is 11.6 Å². The SMILES string of the molecule is O=C(Nc1ccc(Cl)cc1)Nc1cccc(S(=O)(=O)NC2=NCCC2)c1. The van der Waals surface area contributed by atoms with Gasteiger partial charge in [-0.2, -0.15) is 0 Å². The lowest BCUT2D eigenvalue weighted by Gasteiger charge is -2.11. The monoisotopic (exact) mass is 392 g/mol. The number of amides is 2. The van der Waals surface area contributed by atoms with Crippen molar-refractivity contribution in [1.82, 2.24) is 4.72 Å². The average Bonchev–Trinajstić information content (AvgIpc) is 3.09. The Morgan fingerprint density at radius 2 is 1.77 bits per heavy atom. The molecule has 2 aromatic carbocycles. The Hall–Kier alpha value is -2.58. The molecule has 0 aromatic heterocycles. The summed E-state index contributed by atoms with van der Waals surface area (Å²) < 4.78 is 27.3. The number of rotatable bonds is 4. The lowest BCUT2D eigenvalue weighted by molar-refractivity contribution is 0.262. The first-order valence-corrected chi connectivity index (χ1v) is 9.78. The van der Waals surface area contributed by atoms with Gasteiger partial charge in [0.15, 0.2) is 0 Å². The highest BCUT2D eigenvalue weighted by molar-refractivity contribution is 7.90. The van der Waals surface area contributed by atoms with E-state index in [4.69, 9.17) is 11.6 Å². The molecule has 26 heavy (non-hydrogen) atoms. The van der Waals surface area contributed by atoms with E-state index in [1.54, 1.807) is 36.4 Å². The lowest BCUT2D eigenvalue weighted by atomic mass is 10.3. The number of hydrogen-bond acceptors (Lipinski definition) is 4. The minimum Gasteiger partial charge on any atom is -0.308 e. The minimum atomic E-state index is -3.73. The van der Waals surface area contributed by atoms with Gasteiger partial charge >= 0.3 is 6.03 Å². The summed E-state index contributed by atoms with van der Waals surface area (Å²) in [5.74, 6) is 0.462. The van der Waals surface area contributed by atoms with Crippen molar-refractivity contribution in [2.75, 3.05) is 17.2 Å². The number of carbonyl (C=O) groups excluding carboxylic acids is 1. The van der Waals surface area contributed by atoms with Gasteiger partial charge < -0.3 is 10.6 Å². The molecule has 0 unspecified atom stereocenters. The molecule has 0 saturated heterocycles. The minimum absolute atomic E-state index is 0.0522. The zero-order valence-electron chi connectivity index (χ0n) is 13.7. The Morgan fingerprint density at radius 3 is 2.46 bits per heavy atom. The number of anilines is 2. The first-order chi connectivity index (χ1) is 12.4. The third-order valence-electron chi connectivity index (χ3n) is 3.63. The highest BCUT2D eigenvalue weighted by Crippen LogP contribution is 2.18. The third-order valence-corrected chi connectivity index (χ3v) is 5.26. The summed E-state index contributed by atoms with van der Waals surface area (Å²) in [5.41, 5.74) is 0.921. The Kier molecular flexibility index (Phi) is 5.43. The fraction of sp³-hybridized carbons (Fsp3) is 0.176. The van der Waals surface area contributed by atoms with Gasteiger partial charge in [0.2, 0.25) is 0 Å². The number of amidine groups is 1. The van der Waals surface area contributed by atoms with Crippen molar-refractivity contribution in [1.29, 1.82) is 0 Å². The Labute approximate surface area is 156 Å². The summed E-state index contributed by atoms with van der Waals surface area (Å²) in [6.07, 6.45) is 1.45. The highest BCUT2D eigenvalue weighted by Gasteiger charge is 2.18. The van der Waals surface area contributed by atoms with Crippen molar-refractivity contribution in [2.24, 2.45) is 4.99 Å². The van der Waals surface area contributed by atoms with Crippen LogP contribution in [-0.2, 0) is 10.0 Å². The van der Waals surface area contributed by atoms with Crippen LogP contribution in [0, 0.1) is 0 Å². The number of urea groups is 1. The number of carbonyl (C=O) groups is 1. The van der Waals surface area contributed by atoms with Crippen LogP contribution in [0.2, 0.25) is 5.02 Å². The second kappa shape index (κ2) is 7.76. The maximum atomic E-state index is 12.4. The molecular weight excluding hydrogens is 376 g/mol. The molecule has 1 aliphatic heterocycles. The van der Waals surface area contributed by atoms with Gasteiger partial charge in [-0.25, -0.2) is 13.2 Å². The zero-order valence-corrected chi connectivity index (χ0v) is 15.3. The molecule has 0 atom stereocenters. The van der Waals surface area contributed by atoms with E-state index in [1.165, 1.54) is 12.1 Å². The van der Waals surface area contributed by atoms with E-state index < -0.39 is 16.1 Å². The summed E-state index contributed by atoms with van der Waals surface area (Å²) in [7, 11) is -3.73. The maximum absolute atomic E-state index is 12.4. The third kappa shape index (κ3) is 4.74. The summed E-state index contributed by atoms with van der Waals surface area (Å²) in [4.78, 5) is 16.2. The van der Waals surface area contributed by atoms with Crippen molar-refractivity contribution in [3.8, 4) is 0 Å². The van der Waals surface area contributed by atoms with Crippen LogP contribution in [0.15, 0.2) is 58.4 Å². The van der Waals surface area contributed by atoms with E-state index >= 15 is 0 Å². The van der Waals surface area contributed by atoms with Gasteiger partial charge in [0.1, 0.15) is 5.84 Å². The van der Waals surface area contributed by atoms with Crippen LogP contribution in [0.1, 0.15) is 12.8 Å². The fourth-order valence-electron chi connectivity index (χ4n) is 2.40. The van der Waals surface area contributed by atoms with Crippen molar-refractivity contribution in [2.45, 2.75) is 17.7 Å². The molecule has 0 radical (unpaired) electrons. The molecule has 136 valence electrons. The van der Waals surface area contributed by atoms with E-state index in [0.29, 0.717) is 35.2 Å². The number of hydrogen-bond donors (Lipinski definition) is 3. The van der Waals surface area contributed by atoms with Gasteiger partial charge in [-0.15, -0.1) is 0 Å². The van der Waals surface area contributed by atoms with Gasteiger partial charge in [-0.1, -0.05) is 17.7 Å². The van der Waals surface area contributed by atoms with Gasteiger partial charge in [-0.3, -0.25) is 9.71 Å². The predicted molar refractivity (Wildman–Crippen MR) is 102 cm³/mol. The maximum Gasteiger partial charge on any atom is 0.323 e. The molecule has 1 heterocycles. The quantitative estimate of drug-likeness (QED) is 0.742. The number of nitrogens with zero attached hydrogens (tertiary/aromatic N) is 1. The van der Waals surface area contributed by atoms with Crippen LogP contribution in [-0.4, -0.2) is 26.8 Å². The average molecular weight is 393 g/mol. The van der Waals surface area contributed by atoms with Crippen LogP contribution in [0.3, 0.4) is 0 Å². The smallest absolute Gasteiger partial charge is 0.308 e. The zero-order chi connectivity index (χ0) is 18.6. The summed E-state index contributed by atoms with van der Waals surface area (Å²) in [6, 6.07) is 12.2. The second-order valence-corrected chi connectivity index (χ2v) is 7.77. The Morgan fingerprint density at radius 1 is 1.04 bits per heavy atom. The van der Waals surface area contributed by atoms with Crippen molar-refractivity contribution >= 4 is 44.9 Å². The van der Waals surface area contributed by atoms with Crippen LogP contribution in [0.4, 0.5) is 16.2 Å². The highest BCUT2D eigenvalue weighted by atomic mass is 35.5. The predicted octanol–water partition coefficient (Wildman–Crippen LogP) is 3.45. The molecular formula is C17H17ClN4O3S. The van der Waals surface area contributed by atoms with E-state index in [1.807, 2.05) is 0 Å². The number of halogens is 1. The molecule has 2 amide bonds. The van der Waals surface area contributed by atoms with Crippen LogP contribution in [0.5, 0.6) is 0 Å². The molecule has 2 aromatic rings. The number of sulfonamides is 1. The van der Waals surface area contributed by atoms with Gasteiger partial charge in [-0.05, 0) is 48.9 Å². The molecule has 9 heteroatoms.